The summed E-state index contributed by atoms with van der Waals surface area (Å²) in [7, 11) is 0. The van der Waals surface area contributed by atoms with Crippen LogP contribution in [-0.4, -0.2) is 15.8 Å². The van der Waals surface area contributed by atoms with Gasteiger partial charge in [-0.1, -0.05) is 55.5 Å². The van der Waals surface area contributed by atoms with E-state index in [0.717, 1.165) is 23.1 Å². The highest BCUT2D eigenvalue weighted by Crippen LogP contribution is 2.14. The Morgan fingerprint density at radius 2 is 1.72 bits per heavy atom. The second-order valence-corrected chi connectivity index (χ2v) is 6.76. The molecule has 0 saturated carbocycles. The van der Waals surface area contributed by atoms with E-state index in [2.05, 4.69) is 42.2 Å². The van der Waals surface area contributed by atoms with Gasteiger partial charge in [0.25, 0.3) is 0 Å². The van der Waals surface area contributed by atoms with Crippen molar-refractivity contribution in [1.82, 2.24) is 9.88 Å². The van der Waals surface area contributed by atoms with Gasteiger partial charge < -0.3 is 4.90 Å². The number of hydrogen-bond acceptors (Lipinski definition) is 3. The van der Waals surface area contributed by atoms with Crippen LogP contribution < -0.4 is 0 Å². The standard InChI is InChI=1S/C25H23N3O/c1-2-20-9-11-21(12-10-20)18-28(19-22-6-5-15-27-17-22)25(29)14-13-23-7-3-4-8-24(23)16-26/h3-15,17H,2,18-19H2,1H3/b14-13+. The molecule has 4 heteroatoms. The number of benzene rings is 2. The van der Waals surface area contributed by atoms with Gasteiger partial charge in [0.05, 0.1) is 11.6 Å². The Bertz CT molecular complexity index is 1020. The summed E-state index contributed by atoms with van der Waals surface area (Å²) in [5.74, 6) is -0.110. The average molecular weight is 381 g/mol. The number of amides is 1. The number of aromatic nitrogens is 1. The second kappa shape index (κ2) is 10.0. The molecule has 0 unspecified atom stereocenters. The molecule has 2 aromatic carbocycles. The van der Waals surface area contributed by atoms with Crippen LogP contribution in [0.4, 0.5) is 0 Å². The zero-order valence-corrected chi connectivity index (χ0v) is 16.5. The predicted octanol–water partition coefficient (Wildman–Crippen LogP) is 4.76. The summed E-state index contributed by atoms with van der Waals surface area (Å²) < 4.78 is 0. The maximum Gasteiger partial charge on any atom is 0.247 e. The topological polar surface area (TPSA) is 57.0 Å². The van der Waals surface area contributed by atoms with Crippen LogP contribution in [0.25, 0.3) is 6.08 Å². The molecule has 1 heterocycles. The van der Waals surface area contributed by atoms with Crippen LogP contribution in [0.1, 0.15) is 34.7 Å². The molecule has 0 fully saturated rings. The maximum atomic E-state index is 13.0. The van der Waals surface area contributed by atoms with Gasteiger partial charge in [-0.15, -0.1) is 0 Å². The van der Waals surface area contributed by atoms with Gasteiger partial charge >= 0.3 is 0 Å². The molecule has 0 saturated heterocycles. The highest BCUT2D eigenvalue weighted by molar-refractivity contribution is 5.92. The van der Waals surface area contributed by atoms with Gasteiger partial charge in [0.15, 0.2) is 0 Å². The van der Waals surface area contributed by atoms with Crippen molar-refractivity contribution in [3.05, 3.63) is 107 Å². The molecule has 0 aliphatic rings. The molecular weight excluding hydrogens is 358 g/mol. The Kier molecular flexibility index (Phi) is 6.91. The lowest BCUT2D eigenvalue weighted by molar-refractivity contribution is -0.127. The van der Waals surface area contributed by atoms with Crippen molar-refractivity contribution in [2.75, 3.05) is 0 Å². The third-order valence-electron chi connectivity index (χ3n) is 4.70. The number of carbonyl (C=O) groups is 1. The number of nitrogens with zero attached hydrogens (tertiary/aromatic N) is 3. The van der Waals surface area contributed by atoms with E-state index >= 15 is 0 Å². The fourth-order valence-corrected chi connectivity index (χ4v) is 3.04. The zero-order valence-electron chi connectivity index (χ0n) is 16.5. The fraction of sp³-hybridized carbons (Fsp3) is 0.160. The van der Waals surface area contributed by atoms with Crippen molar-refractivity contribution in [2.45, 2.75) is 26.4 Å². The lowest BCUT2D eigenvalue weighted by Crippen LogP contribution is -2.28. The molecule has 0 aliphatic heterocycles. The van der Waals surface area contributed by atoms with Crippen molar-refractivity contribution in [2.24, 2.45) is 0 Å². The normalized spacial score (nSPS) is 10.6. The quantitative estimate of drug-likeness (QED) is 0.555. The van der Waals surface area contributed by atoms with E-state index in [-0.39, 0.29) is 5.91 Å². The first-order valence-corrected chi connectivity index (χ1v) is 9.62. The molecule has 0 bridgehead atoms. The van der Waals surface area contributed by atoms with E-state index in [0.29, 0.717) is 18.7 Å². The van der Waals surface area contributed by atoms with Gasteiger partial charge in [0.2, 0.25) is 5.91 Å². The molecule has 4 nitrogen and oxygen atoms in total. The molecule has 29 heavy (non-hydrogen) atoms. The minimum absolute atomic E-state index is 0.110. The fourth-order valence-electron chi connectivity index (χ4n) is 3.04. The zero-order chi connectivity index (χ0) is 20.5. The molecule has 144 valence electrons. The number of hydrogen-bond donors (Lipinski definition) is 0. The van der Waals surface area contributed by atoms with Gasteiger partial charge in [-0.25, -0.2) is 0 Å². The van der Waals surface area contributed by atoms with Crippen molar-refractivity contribution in [3.8, 4) is 6.07 Å². The molecule has 0 radical (unpaired) electrons. The van der Waals surface area contributed by atoms with Crippen molar-refractivity contribution < 1.29 is 4.79 Å². The summed E-state index contributed by atoms with van der Waals surface area (Å²) in [6.45, 7) is 3.09. The summed E-state index contributed by atoms with van der Waals surface area (Å²) in [4.78, 5) is 18.9. The highest BCUT2D eigenvalue weighted by atomic mass is 16.2. The first-order valence-electron chi connectivity index (χ1n) is 9.62. The number of carbonyl (C=O) groups excluding carboxylic acids is 1. The van der Waals surface area contributed by atoms with Crippen LogP contribution in [-0.2, 0) is 24.3 Å². The van der Waals surface area contributed by atoms with Crippen LogP contribution >= 0.6 is 0 Å². The minimum Gasteiger partial charge on any atom is -0.330 e. The van der Waals surface area contributed by atoms with E-state index in [4.69, 9.17) is 0 Å². The number of aryl methyl sites for hydroxylation is 1. The highest BCUT2D eigenvalue weighted by Gasteiger charge is 2.13. The lowest BCUT2D eigenvalue weighted by Gasteiger charge is -2.21. The molecule has 1 amide bonds. The van der Waals surface area contributed by atoms with E-state index in [1.807, 2.05) is 30.3 Å². The Hall–Kier alpha value is -3.71. The molecule has 0 spiro atoms. The van der Waals surface area contributed by atoms with Gasteiger partial charge in [-0.2, -0.15) is 5.26 Å². The van der Waals surface area contributed by atoms with Gasteiger partial charge in [0, 0.05) is 31.6 Å². The van der Waals surface area contributed by atoms with Crippen molar-refractivity contribution >= 4 is 12.0 Å². The monoisotopic (exact) mass is 381 g/mol. The minimum atomic E-state index is -0.110. The first-order chi connectivity index (χ1) is 14.2. The van der Waals surface area contributed by atoms with Gasteiger partial charge in [-0.05, 0) is 46.9 Å². The summed E-state index contributed by atoms with van der Waals surface area (Å²) >= 11 is 0. The summed E-state index contributed by atoms with van der Waals surface area (Å²) in [5, 5.41) is 9.24. The maximum absolute atomic E-state index is 13.0. The molecule has 0 atom stereocenters. The molecule has 0 aliphatic carbocycles. The lowest BCUT2D eigenvalue weighted by atomic mass is 10.1. The molecule has 1 aromatic heterocycles. The number of rotatable bonds is 7. The third kappa shape index (κ3) is 5.63. The van der Waals surface area contributed by atoms with Crippen LogP contribution in [0.15, 0.2) is 79.1 Å². The van der Waals surface area contributed by atoms with E-state index in [9.17, 15) is 10.1 Å². The Morgan fingerprint density at radius 3 is 2.41 bits per heavy atom. The summed E-state index contributed by atoms with van der Waals surface area (Å²) in [6, 6.07) is 21.6. The van der Waals surface area contributed by atoms with Crippen LogP contribution in [0.2, 0.25) is 0 Å². The predicted molar refractivity (Wildman–Crippen MR) is 115 cm³/mol. The van der Waals surface area contributed by atoms with Crippen LogP contribution in [0.3, 0.4) is 0 Å². The molecule has 3 aromatic rings. The van der Waals surface area contributed by atoms with Gasteiger partial charge in [0.1, 0.15) is 0 Å². The average Bonchev–Trinajstić information content (AvgIpc) is 2.78. The Morgan fingerprint density at radius 1 is 1.00 bits per heavy atom. The first kappa shape index (κ1) is 20.0. The van der Waals surface area contributed by atoms with E-state index < -0.39 is 0 Å². The number of pyridine rings is 1. The number of nitriles is 1. The van der Waals surface area contributed by atoms with E-state index in [1.54, 1.807) is 29.4 Å². The smallest absolute Gasteiger partial charge is 0.247 e. The Balaban J connectivity index is 1.81. The van der Waals surface area contributed by atoms with Crippen molar-refractivity contribution in [1.29, 1.82) is 5.26 Å². The molecule has 3 rings (SSSR count). The van der Waals surface area contributed by atoms with Crippen molar-refractivity contribution in [3.63, 3.8) is 0 Å². The summed E-state index contributed by atoms with van der Waals surface area (Å²) in [6.07, 6.45) is 7.72. The SMILES string of the molecule is CCc1ccc(CN(Cc2cccnc2)C(=O)/C=C/c2ccccc2C#N)cc1. The summed E-state index contributed by atoms with van der Waals surface area (Å²) in [5.41, 5.74) is 4.59. The Labute approximate surface area is 171 Å². The van der Waals surface area contributed by atoms with E-state index in [1.165, 1.54) is 11.6 Å². The van der Waals surface area contributed by atoms with Crippen LogP contribution in [0.5, 0.6) is 0 Å². The largest absolute Gasteiger partial charge is 0.330 e. The second-order valence-electron chi connectivity index (χ2n) is 6.76. The van der Waals surface area contributed by atoms with Gasteiger partial charge in [-0.3, -0.25) is 9.78 Å². The third-order valence-corrected chi connectivity index (χ3v) is 4.70. The van der Waals surface area contributed by atoms with Crippen LogP contribution in [0, 0.1) is 11.3 Å². The molecular formula is C25H23N3O. The molecule has 0 N–H and O–H groups in total.